The van der Waals surface area contributed by atoms with Crippen LogP contribution in [0.4, 0.5) is 0 Å². The van der Waals surface area contributed by atoms with Gasteiger partial charge in [0, 0.05) is 0 Å². The quantitative estimate of drug-likeness (QED) is 0.593. The van der Waals surface area contributed by atoms with Crippen molar-refractivity contribution in [3.05, 3.63) is 0 Å². The molecule has 0 fully saturated rings. The fraction of sp³-hybridized carbons (Fsp3) is 0.933. The maximum absolute atomic E-state index is 11.3. The molecule has 0 aliphatic heterocycles. The zero-order valence-electron chi connectivity index (χ0n) is 13.2. The summed E-state index contributed by atoms with van der Waals surface area (Å²) >= 11 is 0. The van der Waals surface area contributed by atoms with E-state index in [2.05, 4.69) is 25.8 Å². The summed E-state index contributed by atoms with van der Waals surface area (Å²) in [5, 5.41) is 9.29. The summed E-state index contributed by atoms with van der Waals surface area (Å²) in [7, 11) is 4.04. The van der Waals surface area contributed by atoms with E-state index in [1.54, 1.807) is 0 Å². The van der Waals surface area contributed by atoms with Crippen LogP contribution in [0.25, 0.3) is 0 Å². The van der Waals surface area contributed by atoms with E-state index >= 15 is 0 Å². The first-order valence-electron chi connectivity index (χ1n) is 7.64. The topological polar surface area (TPSA) is 43.8 Å². The van der Waals surface area contributed by atoms with Gasteiger partial charge in [0.2, 0.25) is 0 Å². The molecule has 0 spiro atoms. The molecule has 0 amide bonds. The Labute approximate surface area is 118 Å². The van der Waals surface area contributed by atoms with Crippen LogP contribution in [0.1, 0.15) is 52.4 Å². The van der Waals surface area contributed by atoms with Crippen molar-refractivity contribution in [2.24, 2.45) is 0 Å². The van der Waals surface area contributed by atoms with E-state index in [-0.39, 0.29) is 6.04 Å². The van der Waals surface area contributed by atoms with Crippen molar-refractivity contribution >= 4 is 5.97 Å². The lowest BCUT2D eigenvalue weighted by Gasteiger charge is -2.25. The summed E-state index contributed by atoms with van der Waals surface area (Å²) in [5.74, 6) is -0.685. The van der Waals surface area contributed by atoms with Gasteiger partial charge in [-0.2, -0.15) is 0 Å². The van der Waals surface area contributed by atoms with Crippen LogP contribution in [0.3, 0.4) is 0 Å². The molecule has 0 aromatic rings. The second-order valence-corrected chi connectivity index (χ2v) is 5.49. The van der Waals surface area contributed by atoms with Crippen LogP contribution >= 0.6 is 0 Å². The monoisotopic (exact) mass is 272 g/mol. The molecule has 1 unspecified atom stereocenters. The Hall–Kier alpha value is -0.610. The van der Waals surface area contributed by atoms with Gasteiger partial charge in [-0.25, -0.2) is 0 Å². The van der Waals surface area contributed by atoms with Crippen molar-refractivity contribution in [3.8, 4) is 0 Å². The molecule has 0 aliphatic carbocycles. The number of nitrogens with zero attached hydrogens (tertiary/aromatic N) is 2. The molecule has 0 radical (unpaired) electrons. The number of likely N-dealkylation sites (N-methyl/N-ethyl adjacent to an activating group) is 1. The first-order valence-corrected chi connectivity index (χ1v) is 7.64. The van der Waals surface area contributed by atoms with Gasteiger partial charge in [-0.05, 0) is 59.4 Å². The minimum Gasteiger partial charge on any atom is -0.480 e. The number of rotatable bonds is 12. The maximum atomic E-state index is 11.3. The van der Waals surface area contributed by atoms with Gasteiger partial charge in [-0.1, -0.05) is 26.7 Å². The van der Waals surface area contributed by atoms with E-state index in [1.165, 1.54) is 12.8 Å². The van der Waals surface area contributed by atoms with E-state index < -0.39 is 5.97 Å². The van der Waals surface area contributed by atoms with Crippen LogP contribution in [0.15, 0.2) is 0 Å². The molecule has 1 N–H and O–H groups in total. The number of unbranched alkanes of at least 4 members (excludes halogenated alkanes) is 2. The van der Waals surface area contributed by atoms with Crippen molar-refractivity contribution in [1.29, 1.82) is 0 Å². The molecule has 1 atom stereocenters. The van der Waals surface area contributed by atoms with Crippen LogP contribution in [-0.4, -0.2) is 60.6 Å². The normalized spacial score (nSPS) is 13.2. The lowest BCUT2D eigenvalue weighted by atomic mass is 10.1. The van der Waals surface area contributed by atoms with Crippen molar-refractivity contribution in [1.82, 2.24) is 9.80 Å². The molecule has 0 aromatic carbocycles. The highest BCUT2D eigenvalue weighted by molar-refractivity contribution is 5.73. The average Bonchev–Trinajstić information content (AvgIpc) is 2.38. The molecule has 4 nitrogen and oxygen atoms in total. The Bertz CT molecular complexity index is 234. The van der Waals surface area contributed by atoms with Crippen molar-refractivity contribution in [2.45, 2.75) is 58.4 Å². The Morgan fingerprint density at radius 2 is 1.53 bits per heavy atom. The van der Waals surface area contributed by atoms with E-state index in [4.69, 9.17) is 0 Å². The van der Waals surface area contributed by atoms with Gasteiger partial charge in [-0.3, -0.25) is 9.69 Å². The SMILES string of the molecule is CCCCN(C)CCCC(C(=O)O)N(C)CCCC. The maximum Gasteiger partial charge on any atom is 0.320 e. The second-order valence-electron chi connectivity index (χ2n) is 5.49. The fourth-order valence-electron chi connectivity index (χ4n) is 2.19. The van der Waals surface area contributed by atoms with E-state index in [1.807, 2.05) is 11.9 Å². The molecule has 19 heavy (non-hydrogen) atoms. The molecule has 4 heteroatoms. The highest BCUT2D eigenvalue weighted by atomic mass is 16.4. The molecular formula is C15H32N2O2. The summed E-state index contributed by atoms with van der Waals surface area (Å²) < 4.78 is 0. The van der Waals surface area contributed by atoms with Crippen LogP contribution in [0.2, 0.25) is 0 Å². The van der Waals surface area contributed by atoms with Crippen LogP contribution < -0.4 is 0 Å². The molecule has 114 valence electrons. The van der Waals surface area contributed by atoms with Gasteiger partial charge in [0.05, 0.1) is 0 Å². The third-order valence-electron chi connectivity index (χ3n) is 3.59. The van der Waals surface area contributed by atoms with Gasteiger partial charge in [-0.15, -0.1) is 0 Å². The van der Waals surface area contributed by atoms with Crippen LogP contribution in [0, 0.1) is 0 Å². The van der Waals surface area contributed by atoms with Gasteiger partial charge >= 0.3 is 5.97 Å². The summed E-state index contributed by atoms with van der Waals surface area (Å²) in [6, 6.07) is -0.328. The number of carboxylic acids is 1. The van der Waals surface area contributed by atoms with Gasteiger partial charge < -0.3 is 10.0 Å². The summed E-state index contributed by atoms with van der Waals surface area (Å²) in [5.41, 5.74) is 0. The third kappa shape index (κ3) is 9.00. The molecule has 0 aromatic heterocycles. The Morgan fingerprint density at radius 1 is 1.00 bits per heavy atom. The lowest BCUT2D eigenvalue weighted by molar-refractivity contribution is -0.143. The largest absolute Gasteiger partial charge is 0.480 e. The molecule has 0 aliphatic rings. The summed E-state index contributed by atoms with van der Waals surface area (Å²) in [6.07, 6.45) is 6.30. The minimum absolute atomic E-state index is 0.328. The van der Waals surface area contributed by atoms with Crippen molar-refractivity contribution in [3.63, 3.8) is 0 Å². The zero-order valence-corrected chi connectivity index (χ0v) is 13.2. The fourth-order valence-corrected chi connectivity index (χ4v) is 2.19. The third-order valence-corrected chi connectivity index (χ3v) is 3.59. The van der Waals surface area contributed by atoms with E-state index in [0.717, 1.165) is 45.3 Å². The first-order chi connectivity index (χ1) is 9.02. The summed E-state index contributed by atoms with van der Waals surface area (Å²) in [4.78, 5) is 15.6. The number of aliphatic carboxylic acids is 1. The second kappa shape index (κ2) is 11.2. The van der Waals surface area contributed by atoms with Gasteiger partial charge in [0.1, 0.15) is 6.04 Å². The van der Waals surface area contributed by atoms with Gasteiger partial charge in [0.25, 0.3) is 0 Å². The standard InChI is InChI=1S/C15H32N2O2/c1-5-7-11-16(3)12-9-10-14(15(18)19)17(4)13-8-6-2/h14H,5-13H2,1-4H3,(H,18,19). The molecule has 0 bridgehead atoms. The highest BCUT2D eigenvalue weighted by Crippen LogP contribution is 2.08. The number of hydrogen-bond acceptors (Lipinski definition) is 3. The Kier molecular flexibility index (Phi) is 10.9. The Balaban J connectivity index is 3.97. The molecule has 0 saturated heterocycles. The molecule has 0 heterocycles. The highest BCUT2D eigenvalue weighted by Gasteiger charge is 2.21. The van der Waals surface area contributed by atoms with Gasteiger partial charge in [0.15, 0.2) is 0 Å². The number of carbonyl (C=O) groups is 1. The summed E-state index contributed by atoms with van der Waals surface area (Å²) in [6.45, 7) is 7.30. The Morgan fingerprint density at radius 3 is 2.05 bits per heavy atom. The average molecular weight is 272 g/mol. The van der Waals surface area contributed by atoms with Crippen LogP contribution in [0.5, 0.6) is 0 Å². The molecule has 0 saturated carbocycles. The predicted octanol–water partition coefficient (Wildman–Crippen LogP) is 2.68. The smallest absolute Gasteiger partial charge is 0.320 e. The van der Waals surface area contributed by atoms with Crippen LogP contribution in [-0.2, 0) is 4.79 Å². The van der Waals surface area contributed by atoms with Crippen molar-refractivity contribution in [2.75, 3.05) is 33.7 Å². The number of hydrogen-bond donors (Lipinski definition) is 1. The van der Waals surface area contributed by atoms with Crippen molar-refractivity contribution < 1.29 is 9.90 Å². The minimum atomic E-state index is -0.685. The van der Waals surface area contributed by atoms with E-state index in [9.17, 15) is 9.90 Å². The first kappa shape index (κ1) is 18.4. The lowest BCUT2D eigenvalue weighted by Crippen LogP contribution is -2.39. The number of carboxylic acid groups (broad SMARTS) is 1. The van der Waals surface area contributed by atoms with E-state index in [0.29, 0.717) is 0 Å². The predicted molar refractivity (Wildman–Crippen MR) is 80.6 cm³/mol. The molecular weight excluding hydrogens is 240 g/mol. The molecule has 0 rings (SSSR count). The zero-order chi connectivity index (χ0) is 14.7.